The Labute approximate surface area is 139 Å². The summed E-state index contributed by atoms with van der Waals surface area (Å²) in [5.74, 6) is -0.0433. The Morgan fingerprint density at radius 3 is 2.75 bits per heavy atom. The number of nitrogens with zero attached hydrogens (tertiary/aromatic N) is 4. The lowest BCUT2D eigenvalue weighted by Gasteiger charge is -2.29. The van der Waals surface area contributed by atoms with E-state index in [0.29, 0.717) is 17.1 Å². The van der Waals surface area contributed by atoms with E-state index in [4.69, 9.17) is 0 Å². The van der Waals surface area contributed by atoms with Crippen molar-refractivity contribution in [2.75, 3.05) is 0 Å². The molecule has 0 atom stereocenters. The zero-order valence-corrected chi connectivity index (χ0v) is 13.6. The zero-order valence-electron chi connectivity index (χ0n) is 13.6. The van der Waals surface area contributed by atoms with Crippen LogP contribution in [0.1, 0.15) is 47.6 Å². The largest absolute Gasteiger partial charge is 0.349 e. The van der Waals surface area contributed by atoms with Gasteiger partial charge in [-0.05, 0) is 56.4 Å². The fraction of sp³-hybridized carbons (Fsp3) is 0.412. The van der Waals surface area contributed by atoms with E-state index in [-0.39, 0.29) is 11.9 Å². The van der Waals surface area contributed by atoms with E-state index in [0.717, 1.165) is 31.2 Å². The van der Waals surface area contributed by atoms with Crippen molar-refractivity contribution in [2.24, 2.45) is 0 Å². The van der Waals surface area contributed by atoms with Gasteiger partial charge < -0.3 is 5.32 Å². The molecule has 3 aromatic rings. The van der Waals surface area contributed by atoms with Gasteiger partial charge in [0.15, 0.2) is 0 Å². The van der Waals surface area contributed by atoms with E-state index < -0.39 is 0 Å². The van der Waals surface area contributed by atoms with Crippen molar-refractivity contribution in [2.45, 2.75) is 44.7 Å². The van der Waals surface area contributed by atoms with Crippen LogP contribution in [0.15, 0.2) is 30.6 Å². The quantitative estimate of drug-likeness (QED) is 0.774. The minimum absolute atomic E-state index is 0.0433. The highest BCUT2D eigenvalue weighted by atomic mass is 16.1. The van der Waals surface area contributed by atoms with E-state index >= 15 is 0 Å². The van der Waals surface area contributed by atoms with Gasteiger partial charge in [0.25, 0.3) is 5.91 Å². The van der Waals surface area contributed by atoms with Gasteiger partial charge in [-0.25, -0.2) is 0 Å². The highest BCUT2D eigenvalue weighted by molar-refractivity contribution is 5.97. The maximum Gasteiger partial charge on any atom is 0.251 e. The molecule has 1 fully saturated rings. The molecular weight excluding hydrogens is 304 g/mol. The number of amides is 1. The Bertz CT molecular complexity index is 859. The average molecular weight is 324 g/mol. The molecule has 0 saturated heterocycles. The average Bonchev–Trinajstić information content (AvgIpc) is 3.23. The van der Waals surface area contributed by atoms with Crippen LogP contribution in [0.2, 0.25) is 0 Å². The van der Waals surface area contributed by atoms with Crippen molar-refractivity contribution in [1.82, 2.24) is 30.5 Å². The Balaban J connectivity index is 1.37. The Morgan fingerprint density at radius 1 is 1.21 bits per heavy atom. The summed E-state index contributed by atoms with van der Waals surface area (Å²) in [5.41, 5.74) is 3.29. The Kier molecular flexibility index (Phi) is 3.76. The number of aryl methyl sites for hydroxylation is 1. The Morgan fingerprint density at radius 2 is 2.00 bits per heavy atom. The fourth-order valence-corrected chi connectivity index (χ4v) is 3.37. The number of benzene rings is 1. The van der Waals surface area contributed by atoms with Crippen molar-refractivity contribution >= 4 is 16.9 Å². The molecule has 1 saturated carbocycles. The van der Waals surface area contributed by atoms with Crippen LogP contribution < -0.4 is 5.32 Å². The lowest BCUT2D eigenvalue weighted by atomic mass is 9.91. The summed E-state index contributed by atoms with van der Waals surface area (Å²) in [4.78, 5) is 12.4. The highest BCUT2D eigenvalue weighted by Crippen LogP contribution is 2.28. The van der Waals surface area contributed by atoms with Gasteiger partial charge in [-0.1, -0.05) is 0 Å². The van der Waals surface area contributed by atoms with Crippen molar-refractivity contribution in [1.29, 1.82) is 0 Å². The summed E-state index contributed by atoms with van der Waals surface area (Å²) in [6.45, 7) is 2.06. The van der Waals surface area contributed by atoms with Crippen molar-refractivity contribution < 1.29 is 4.79 Å². The van der Waals surface area contributed by atoms with Gasteiger partial charge in [0.2, 0.25) is 0 Å². The molecule has 0 radical (unpaired) electrons. The van der Waals surface area contributed by atoms with Crippen LogP contribution in [0.5, 0.6) is 0 Å². The monoisotopic (exact) mass is 324 g/mol. The molecule has 7 nitrogen and oxygen atoms in total. The number of hydrogen-bond acceptors (Lipinski definition) is 4. The first kappa shape index (κ1) is 14.9. The second kappa shape index (κ2) is 6.07. The summed E-state index contributed by atoms with van der Waals surface area (Å²) in [7, 11) is 0. The third-order valence-corrected chi connectivity index (χ3v) is 4.72. The molecule has 1 aliphatic rings. The molecule has 0 aliphatic heterocycles. The van der Waals surface area contributed by atoms with Gasteiger partial charge in [-0.2, -0.15) is 20.5 Å². The number of carbonyl (C=O) groups is 1. The lowest BCUT2D eigenvalue weighted by Crippen LogP contribution is -2.38. The van der Waals surface area contributed by atoms with Crippen molar-refractivity contribution in [3.63, 3.8) is 0 Å². The predicted molar refractivity (Wildman–Crippen MR) is 89.6 cm³/mol. The predicted octanol–water partition coefficient (Wildman–Crippen LogP) is 2.38. The number of aromatic amines is 1. The molecule has 24 heavy (non-hydrogen) atoms. The number of fused-ring (bicyclic) bond motifs is 1. The van der Waals surface area contributed by atoms with Crippen LogP contribution in [0.3, 0.4) is 0 Å². The van der Waals surface area contributed by atoms with Crippen LogP contribution in [0, 0.1) is 6.92 Å². The standard InChI is InChI=1S/C17H20N6O/c1-11-9-18-23(10-11)14-5-3-13(4-6-14)19-17(24)12-2-7-15-16(8-12)21-22-20-15/h2,7-10,13-14H,3-6H2,1H3,(H,19,24)(H,20,21,22). The third kappa shape index (κ3) is 2.89. The molecule has 0 spiro atoms. The molecule has 0 unspecified atom stereocenters. The second-order valence-corrected chi connectivity index (χ2v) is 6.50. The number of H-pyrrole nitrogens is 1. The molecule has 0 bridgehead atoms. The van der Waals surface area contributed by atoms with Crippen LogP contribution in [0.25, 0.3) is 11.0 Å². The van der Waals surface area contributed by atoms with E-state index in [9.17, 15) is 4.79 Å². The summed E-state index contributed by atoms with van der Waals surface area (Å²) >= 11 is 0. The molecule has 1 aliphatic carbocycles. The summed E-state index contributed by atoms with van der Waals surface area (Å²) in [6.07, 6.45) is 8.01. The van der Waals surface area contributed by atoms with Crippen LogP contribution in [-0.4, -0.2) is 37.1 Å². The van der Waals surface area contributed by atoms with Gasteiger partial charge >= 0.3 is 0 Å². The maximum absolute atomic E-state index is 12.4. The topological polar surface area (TPSA) is 88.5 Å². The molecule has 7 heteroatoms. The molecule has 2 aromatic heterocycles. The molecule has 124 valence electrons. The normalized spacial score (nSPS) is 21.0. The van der Waals surface area contributed by atoms with Gasteiger partial charge in [0.1, 0.15) is 11.0 Å². The molecule has 2 heterocycles. The Hall–Kier alpha value is -2.70. The van der Waals surface area contributed by atoms with Crippen molar-refractivity contribution in [3.8, 4) is 0 Å². The van der Waals surface area contributed by atoms with Gasteiger partial charge in [-0.3, -0.25) is 9.48 Å². The molecule has 1 amide bonds. The number of carbonyl (C=O) groups excluding carboxylic acids is 1. The summed E-state index contributed by atoms with van der Waals surface area (Å²) in [5, 5.41) is 18.1. The molecule has 2 N–H and O–H groups in total. The lowest BCUT2D eigenvalue weighted by molar-refractivity contribution is 0.0922. The molecular formula is C17H20N6O. The van der Waals surface area contributed by atoms with Crippen LogP contribution in [-0.2, 0) is 0 Å². The molecule has 1 aromatic carbocycles. The first-order valence-corrected chi connectivity index (χ1v) is 8.31. The smallest absolute Gasteiger partial charge is 0.251 e. The van der Waals surface area contributed by atoms with E-state index in [1.165, 1.54) is 5.56 Å². The molecule has 4 rings (SSSR count). The first-order valence-electron chi connectivity index (χ1n) is 8.31. The number of rotatable bonds is 3. The van der Waals surface area contributed by atoms with Gasteiger partial charge in [-0.15, -0.1) is 0 Å². The van der Waals surface area contributed by atoms with Crippen LogP contribution >= 0.6 is 0 Å². The minimum atomic E-state index is -0.0433. The third-order valence-electron chi connectivity index (χ3n) is 4.72. The van der Waals surface area contributed by atoms with Gasteiger partial charge in [0, 0.05) is 17.8 Å². The van der Waals surface area contributed by atoms with Gasteiger partial charge in [0.05, 0.1) is 12.2 Å². The first-order chi connectivity index (χ1) is 11.7. The summed E-state index contributed by atoms with van der Waals surface area (Å²) < 4.78 is 2.06. The highest BCUT2D eigenvalue weighted by Gasteiger charge is 2.24. The number of aromatic nitrogens is 5. The second-order valence-electron chi connectivity index (χ2n) is 6.50. The fourth-order valence-electron chi connectivity index (χ4n) is 3.37. The van der Waals surface area contributed by atoms with E-state index in [2.05, 4.69) is 43.6 Å². The number of nitrogens with one attached hydrogen (secondary N) is 2. The SMILES string of the molecule is Cc1cnn(C2CCC(NC(=O)c3ccc4n[nH]nc4c3)CC2)c1. The maximum atomic E-state index is 12.4. The number of hydrogen-bond donors (Lipinski definition) is 2. The zero-order chi connectivity index (χ0) is 16.5. The van der Waals surface area contributed by atoms with E-state index in [1.807, 2.05) is 12.3 Å². The summed E-state index contributed by atoms with van der Waals surface area (Å²) in [6, 6.07) is 6.03. The van der Waals surface area contributed by atoms with Crippen molar-refractivity contribution in [3.05, 3.63) is 41.7 Å². The van der Waals surface area contributed by atoms with Crippen LogP contribution in [0.4, 0.5) is 0 Å². The minimum Gasteiger partial charge on any atom is -0.349 e. The van der Waals surface area contributed by atoms with E-state index in [1.54, 1.807) is 12.1 Å².